The van der Waals surface area contributed by atoms with Crippen LogP contribution in [0.4, 0.5) is 0 Å². The molecule has 0 spiro atoms. The van der Waals surface area contributed by atoms with E-state index in [9.17, 15) is 5.11 Å². The quantitative estimate of drug-likeness (QED) is 0.657. The summed E-state index contributed by atoms with van der Waals surface area (Å²) in [5.41, 5.74) is 0. The predicted octanol–water partition coefficient (Wildman–Crippen LogP) is 1.58. The SMILES string of the molecule is COCC#CCC1CCCCC1O. The van der Waals surface area contributed by atoms with E-state index in [1.807, 2.05) is 0 Å². The van der Waals surface area contributed by atoms with Crippen molar-refractivity contribution in [3.8, 4) is 11.8 Å². The number of hydrogen-bond acceptors (Lipinski definition) is 2. The van der Waals surface area contributed by atoms with Crippen molar-refractivity contribution in [1.29, 1.82) is 0 Å². The summed E-state index contributed by atoms with van der Waals surface area (Å²) in [5, 5.41) is 9.63. The highest BCUT2D eigenvalue weighted by molar-refractivity contribution is 5.01. The molecule has 0 aromatic carbocycles. The molecule has 0 bridgehead atoms. The van der Waals surface area contributed by atoms with E-state index in [0.717, 1.165) is 19.3 Å². The smallest absolute Gasteiger partial charge is 0.107 e. The molecule has 0 heterocycles. The number of hydrogen-bond donors (Lipinski definition) is 1. The van der Waals surface area contributed by atoms with Crippen LogP contribution < -0.4 is 0 Å². The van der Waals surface area contributed by atoms with Gasteiger partial charge in [0.2, 0.25) is 0 Å². The highest BCUT2D eigenvalue weighted by Crippen LogP contribution is 2.26. The molecular weight excluding hydrogens is 164 g/mol. The molecule has 1 N–H and O–H groups in total. The third-order valence-corrected chi connectivity index (χ3v) is 2.57. The summed E-state index contributed by atoms with van der Waals surface area (Å²) in [6.07, 6.45) is 5.20. The van der Waals surface area contributed by atoms with Gasteiger partial charge in [-0.15, -0.1) is 5.92 Å². The van der Waals surface area contributed by atoms with Crippen LogP contribution in [0, 0.1) is 17.8 Å². The maximum atomic E-state index is 9.63. The number of aliphatic hydroxyl groups is 1. The van der Waals surface area contributed by atoms with Gasteiger partial charge < -0.3 is 9.84 Å². The molecule has 13 heavy (non-hydrogen) atoms. The van der Waals surface area contributed by atoms with Crippen molar-refractivity contribution in [3.63, 3.8) is 0 Å². The van der Waals surface area contributed by atoms with Gasteiger partial charge in [-0.1, -0.05) is 18.8 Å². The van der Waals surface area contributed by atoms with Crippen LogP contribution in [-0.2, 0) is 4.74 Å². The van der Waals surface area contributed by atoms with Crippen LogP contribution in [0.3, 0.4) is 0 Å². The van der Waals surface area contributed by atoms with Crippen LogP contribution >= 0.6 is 0 Å². The number of rotatable bonds is 2. The van der Waals surface area contributed by atoms with Crippen molar-refractivity contribution in [2.75, 3.05) is 13.7 Å². The van der Waals surface area contributed by atoms with Crippen LogP contribution in [0.5, 0.6) is 0 Å². The first-order valence-electron chi connectivity index (χ1n) is 4.97. The Morgan fingerprint density at radius 1 is 1.31 bits per heavy atom. The van der Waals surface area contributed by atoms with Gasteiger partial charge in [0, 0.05) is 13.5 Å². The maximum Gasteiger partial charge on any atom is 0.107 e. The minimum Gasteiger partial charge on any atom is -0.393 e. The summed E-state index contributed by atoms with van der Waals surface area (Å²) in [6.45, 7) is 0.503. The summed E-state index contributed by atoms with van der Waals surface area (Å²) < 4.78 is 4.82. The van der Waals surface area contributed by atoms with Crippen LogP contribution in [0.25, 0.3) is 0 Å². The van der Waals surface area contributed by atoms with E-state index >= 15 is 0 Å². The van der Waals surface area contributed by atoms with Gasteiger partial charge in [-0.05, 0) is 18.8 Å². The van der Waals surface area contributed by atoms with E-state index in [4.69, 9.17) is 4.74 Å². The fraction of sp³-hybridized carbons (Fsp3) is 0.818. The second-order valence-electron chi connectivity index (χ2n) is 3.60. The molecule has 2 nitrogen and oxygen atoms in total. The first-order chi connectivity index (χ1) is 6.34. The molecule has 0 amide bonds. The van der Waals surface area contributed by atoms with Crippen LogP contribution in [0.2, 0.25) is 0 Å². The minimum atomic E-state index is -0.120. The molecule has 1 rings (SSSR count). The molecule has 0 radical (unpaired) electrons. The van der Waals surface area contributed by atoms with Crippen molar-refractivity contribution in [1.82, 2.24) is 0 Å². The fourth-order valence-corrected chi connectivity index (χ4v) is 1.75. The Morgan fingerprint density at radius 3 is 2.77 bits per heavy atom. The molecule has 1 saturated carbocycles. The summed E-state index contributed by atoms with van der Waals surface area (Å²) in [5.74, 6) is 6.37. The lowest BCUT2D eigenvalue weighted by atomic mass is 9.84. The Hall–Kier alpha value is -0.520. The van der Waals surface area contributed by atoms with Gasteiger partial charge in [-0.25, -0.2) is 0 Å². The lowest BCUT2D eigenvalue weighted by molar-refractivity contribution is 0.0724. The van der Waals surface area contributed by atoms with Crippen molar-refractivity contribution >= 4 is 0 Å². The number of aliphatic hydroxyl groups excluding tert-OH is 1. The maximum absolute atomic E-state index is 9.63. The Balaban J connectivity index is 2.23. The summed E-state index contributed by atoms with van der Waals surface area (Å²) >= 11 is 0. The van der Waals surface area contributed by atoms with Crippen LogP contribution in [0.1, 0.15) is 32.1 Å². The second-order valence-corrected chi connectivity index (χ2v) is 3.60. The molecule has 2 heteroatoms. The molecular formula is C11H18O2. The molecule has 2 atom stereocenters. The molecule has 2 unspecified atom stereocenters. The zero-order valence-corrected chi connectivity index (χ0v) is 8.25. The van der Waals surface area contributed by atoms with Crippen LogP contribution in [-0.4, -0.2) is 24.9 Å². The molecule has 1 aliphatic carbocycles. The lowest BCUT2D eigenvalue weighted by Gasteiger charge is -2.25. The van der Waals surface area contributed by atoms with Gasteiger partial charge in [0.05, 0.1) is 6.10 Å². The highest BCUT2D eigenvalue weighted by Gasteiger charge is 2.21. The van der Waals surface area contributed by atoms with Crippen molar-refractivity contribution < 1.29 is 9.84 Å². The Bertz CT molecular complexity index is 190. The number of methoxy groups -OCH3 is 1. The average molecular weight is 182 g/mol. The van der Waals surface area contributed by atoms with Gasteiger partial charge in [-0.3, -0.25) is 0 Å². The average Bonchev–Trinajstić information content (AvgIpc) is 2.15. The van der Waals surface area contributed by atoms with Gasteiger partial charge in [0.15, 0.2) is 0 Å². The van der Waals surface area contributed by atoms with E-state index in [0.29, 0.717) is 12.5 Å². The molecule has 0 saturated heterocycles. The summed E-state index contributed by atoms with van der Waals surface area (Å²) in [7, 11) is 1.64. The van der Waals surface area contributed by atoms with E-state index in [1.54, 1.807) is 7.11 Å². The molecule has 0 aromatic rings. The summed E-state index contributed by atoms with van der Waals surface area (Å²) in [4.78, 5) is 0. The van der Waals surface area contributed by atoms with Gasteiger partial charge >= 0.3 is 0 Å². The van der Waals surface area contributed by atoms with Gasteiger partial charge in [-0.2, -0.15) is 0 Å². The van der Waals surface area contributed by atoms with Crippen molar-refractivity contribution in [3.05, 3.63) is 0 Å². The number of ether oxygens (including phenoxy) is 1. The van der Waals surface area contributed by atoms with Crippen molar-refractivity contribution in [2.45, 2.75) is 38.2 Å². The topological polar surface area (TPSA) is 29.5 Å². The van der Waals surface area contributed by atoms with Gasteiger partial charge in [0.1, 0.15) is 6.61 Å². The molecule has 0 aliphatic heterocycles. The monoisotopic (exact) mass is 182 g/mol. The minimum absolute atomic E-state index is 0.120. The summed E-state index contributed by atoms with van der Waals surface area (Å²) in [6, 6.07) is 0. The van der Waals surface area contributed by atoms with E-state index in [-0.39, 0.29) is 6.10 Å². The third kappa shape index (κ3) is 3.80. The third-order valence-electron chi connectivity index (χ3n) is 2.57. The molecule has 1 fully saturated rings. The normalized spacial score (nSPS) is 27.8. The first-order valence-corrected chi connectivity index (χ1v) is 4.97. The Labute approximate surface area is 80.3 Å². The lowest BCUT2D eigenvalue weighted by Crippen LogP contribution is -2.23. The molecule has 1 aliphatic rings. The zero-order chi connectivity index (χ0) is 9.52. The zero-order valence-electron chi connectivity index (χ0n) is 8.25. The highest BCUT2D eigenvalue weighted by atomic mass is 16.5. The van der Waals surface area contributed by atoms with E-state index < -0.39 is 0 Å². The standard InChI is InChI=1S/C11H18O2/c1-13-9-5-4-7-10-6-2-3-8-11(10)12/h10-12H,2-3,6-9H2,1H3. The van der Waals surface area contributed by atoms with Gasteiger partial charge in [0.25, 0.3) is 0 Å². The fourth-order valence-electron chi connectivity index (χ4n) is 1.75. The molecule has 74 valence electrons. The predicted molar refractivity (Wildman–Crippen MR) is 52.2 cm³/mol. The molecule has 0 aromatic heterocycles. The first kappa shape index (κ1) is 10.6. The van der Waals surface area contributed by atoms with E-state index in [1.165, 1.54) is 12.8 Å². The largest absolute Gasteiger partial charge is 0.393 e. The van der Waals surface area contributed by atoms with Crippen molar-refractivity contribution in [2.24, 2.45) is 5.92 Å². The second kappa shape index (κ2) is 6.01. The van der Waals surface area contributed by atoms with E-state index in [2.05, 4.69) is 11.8 Å². The Morgan fingerprint density at radius 2 is 2.08 bits per heavy atom. The van der Waals surface area contributed by atoms with Crippen LogP contribution in [0.15, 0.2) is 0 Å². The Kier molecular flexibility index (Phi) is 4.88.